The number of hydrogen-bond acceptors (Lipinski definition) is 3. The van der Waals surface area contributed by atoms with Crippen molar-refractivity contribution in [3.05, 3.63) is 0 Å². The Labute approximate surface area is 122 Å². The molecule has 0 spiro atoms. The summed E-state index contributed by atoms with van der Waals surface area (Å²) in [7, 11) is 0. The minimum Gasteiger partial charge on any atom is -0.444 e. The predicted molar refractivity (Wildman–Crippen MR) is 70.7 cm³/mol. The van der Waals surface area contributed by atoms with Gasteiger partial charge in [0.25, 0.3) is 0 Å². The van der Waals surface area contributed by atoms with E-state index in [4.69, 9.17) is 4.74 Å². The summed E-state index contributed by atoms with van der Waals surface area (Å²) in [5.74, 6) is -1.94. The van der Waals surface area contributed by atoms with Crippen LogP contribution in [0, 0.1) is 11.8 Å². The van der Waals surface area contributed by atoms with Gasteiger partial charge in [-0.15, -0.1) is 0 Å². The Kier molecular flexibility index (Phi) is 5.64. The van der Waals surface area contributed by atoms with Crippen LogP contribution in [0.15, 0.2) is 0 Å². The first-order chi connectivity index (χ1) is 9.49. The van der Waals surface area contributed by atoms with Gasteiger partial charge in [0.2, 0.25) is 0 Å². The van der Waals surface area contributed by atoms with Gasteiger partial charge in [-0.2, -0.15) is 13.2 Å². The standard InChI is InChI=1S/C14H22F3NO3/c1-13(2,3)21-12(20)18-8-11(19)9-4-6-10(7-5-9)14(15,16)17/h9-10H,4-8H2,1-3H3,(H,18,20). The maximum absolute atomic E-state index is 12.5. The molecule has 1 N–H and O–H groups in total. The van der Waals surface area contributed by atoms with Gasteiger partial charge < -0.3 is 10.1 Å². The van der Waals surface area contributed by atoms with Crippen LogP contribution < -0.4 is 5.32 Å². The Morgan fingerprint density at radius 1 is 1.10 bits per heavy atom. The maximum atomic E-state index is 12.5. The van der Waals surface area contributed by atoms with E-state index >= 15 is 0 Å². The number of rotatable bonds is 3. The number of ketones is 1. The van der Waals surface area contributed by atoms with Crippen LogP contribution in [0.5, 0.6) is 0 Å². The summed E-state index contributed by atoms with van der Waals surface area (Å²) in [5, 5.41) is 2.34. The molecule has 0 bridgehead atoms. The Morgan fingerprint density at radius 3 is 2.05 bits per heavy atom. The second-order valence-corrected chi connectivity index (χ2v) is 6.41. The highest BCUT2D eigenvalue weighted by molar-refractivity contribution is 5.86. The number of alkyl halides is 3. The topological polar surface area (TPSA) is 55.4 Å². The molecule has 0 unspecified atom stereocenters. The van der Waals surface area contributed by atoms with Crippen LogP contribution in [0.25, 0.3) is 0 Å². The average Bonchev–Trinajstić information content (AvgIpc) is 2.33. The van der Waals surface area contributed by atoms with Crippen LogP contribution >= 0.6 is 0 Å². The highest BCUT2D eigenvalue weighted by Gasteiger charge is 2.42. The highest BCUT2D eigenvalue weighted by Crippen LogP contribution is 2.39. The van der Waals surface area contributed by atoms with E-state index in [0.717, 1.165) is 0 Å². The fourth-order valence-electron chi connectivity index (χ4n) is 2.36. The van der Waals surface area contributed by atoms with Gasteiger partial charge in [-0.25, -0.2) is 4.79 Å². The van der Waals surface area contributed by atoms with Crippen LogP contribution in [0.2, 0.25) is 0 Å². The molecule has 0 aromatic heterocycles. The SMILES string of the molecule is CC(C)(C)OC(=O)NCC(=O)C1CCC(C(F)(F)F)CC1. The summed E-state index contributed by atoms with van der Waals surface area (Å²) in [6.07, 6.45) is -4.47. The fraction of sp³-hybridized carbons (Fsp3) is 0.857. The van der Waals surface area contributed by atoms with Crippen LogP contribution in [0.1, 0.15) is 46.5 Å². The molecule has 0 aliphatic heterocycles. The van der Waals surface area contributed by atoms with E-state index in [-0.39, 0.29) is 38.0 Å². The minimum absolute atomic E-state index is 0.0215. The van der Waals surface area contributed by atoms with Crippen molar-refractivity contribution in [2.75, 3.05) is 6.54 Å². The van der Waals surface area contributed by atoms with Crippen LogP contribution in [0.4, 0.5) is 18.0 Å². The summed E-state index contributed by atoms with van der Waals surface area (Å²) >= 11 is 0. The van der Waals surface area contributed by atoms with Crippen molar-refractivity contribution < 1.29 is 27.5 Å². The van der Waals surface area contributed by atoms with Gasteiger partial charge >= 0.3 is 12.3 Å². The van der Waals surface area contributed by atoms with Crippen LogP contribution in [0.3, 0.4) is 0 Å². The van der Waals surface area contributed by atoms with E-state index in [2.05, 4.69) is 5.32 Å². The number of carbonyl (C=O) groups is 2. The second-order valence-electron chi connectivity index (χ2n) is 6.41. The van der Waals surface area contributed by atoms with Crippen molar-refractivity contribution in [1.29, 1.82) is 0 Å². The van der Waals surface area contributed by atoms with E-state index in [9.17, 15) is 22.8 Å². The Hall–Kier alpha value is -1.27. The molecule has 0 saturated heterocycles. The molecule has 1 fully saturated rings. The molecule has 7 heteroatoms. The molecule has 1 saturated carbocycles. The number of nitrogens with one attached hydrogen (secondary N) is 1. The normalized spacial score (nSPS) is 23.5. The van der Waals surface area contributed by atoms with Gasteiger partial charge in [-0.05, 0) is 46.5 Å². The third-order valence-electron chi connectivity index (χ3n) is 3.45. The summed E-state index contributed by atoms with van der Waals surface area (Å²) in [6.45, 7) is 4.91. The summed E-state index contributed by atoms with van der Waals surface area (Å²) in [6, 6.07) is 0. The van der Waals surface area contributed by atoms with Gasteiger partial charge in [-0.1, -0.05) is 0 Å². The first-order valence-corrected chi connectivity index (χ1v) is 7.05. The first kappa shape index (κ1) is 17.8. The van der Waals surface area contributed by atoms with E-state index < -0.39 is 29.7 Å². The minimum atomic E-state index is -4.18. The van der Waals surface area contributed by atoms with Crippen LogP contribution in [-0.4, -0.2) is 30.2 Å². The molecule has 0 atom stereocenters. The number of halogens is 3. The summed E-state index contributed by atoms with van der Waals surface area (Å²) < 4.78 is 42.6. The zero-order valence-electron chi connectivity index (χ0n) is 12.5. The third-order valence-corrected chi connectivity index (χ3v) is 3.45. The zero-order chi connectivity index (χ0) is 16.3. The maximum Gasteiger partial charge on any atom is 0.408 e. The fourth-order valence-corrected chi connectivity index (χ4v) is 2.36. The molecular weight excluding hydrogens is 287 g/mol. The summed E-state index contributed by atoms with van der Waals surface area (Å²) in [5.41, 5.74) is -0.655. The van der Waals surface area contributed by atoms with E-state index in [1.165, 1.54) is 0 Å². The zero-order valence-corrected chi connectivity index (χ0v) is 12.5. The number of Topliss-reactive ketones (excluding diaryl/α,β-unsaturated/α-hetero) is 1. The van der Waals surface area contributed by atoms with Crippen molar-refractivity contribution in [3.63, 3.8) is 0 Å². The van der Waals surface area contributed by atoms with E-state index in [0.29, 0.717) is 0 Å². The van der Waals surface area contributed by atoms with E-state index in [1.54, 1.807) is 20.8 Å². The molecule has 0 aromatic rings. The molecule has 0 aromatic carbocycles. The molecule has 122 valence electrons. The Balaban J connectivity index is 2.33. The third kappa shape index (κ3) is 6.35. The number of carbonyl (C=O) groups excluding carboxylic acids is 2. The number of ether oxygens (including phenoxy) is 1. The van der Waals surface area contributed by atoms with Gasteiger partial charge in [-0.3, -0.25) is 4.79 Å². The average molecular weight is 309 g/mol. The molecule has 1 aliphatic carbocycles. The lowest BCUT2D eigenvalue weighted by Crippen LogP contribution is -2.38. The van der Waals surface area contributed by atoms with E-state index in [1.807, 2.05) is 0 Å². The van der Waals surface area contributed by atoms with Crippen molar-refractivity contribution in [3.8, 4) is 0 Å². The Bertz CT molecular complexity index is 380. The molecule has 1 amide bonds. The van der Waals surface area contributed by atoms with Crippen molar-refractivity contribution in [1.82, 2.24) is 5.32 Å². The molecule has 21 heavy (non-hydrogen) atoms. The van der Waals surface area contributed by atoms with Crippen molar-refractivity contribution >= 4 is 11.9 Å². The highest BCUT2D eigenvalue weighted by atomic mass is 19.4. The van der Waals surface area contributed by atoms with Crippen molar-refractivity contribution in [2.45, 2.75) is 58.2 Å². The monoisotopic (exact) mass is 309 g/mol. The smallest absolute Gasteiger partial charge is 0.408 e. The summed E-state index contributed by atoms with van der Waals surface area (Å²) in [4.78, 5) is 23.3. The lowest BCUT2D eigenvalue weighted by atomic mass is 9.79. The lowest BCUT2D eigenvalue weighted by Gasteiger charge is -2.29. The molecule has 4 nitrogen and oxygen atoms in total. The predicted octanol–water partition coefficient (Wildman–Crippen LogP) is 3.45. The van der Waals surface area contributed by atoms with Gasteiger partial charge in [0.15, 0.2) is 5.78 Å². The first-order valence-electron chi connectivity index (χ1n) is 7.05. The van der Waals surface area contributed by atoms with Crippen molar-refractivity contribution in [2.24, 2.45) is 11.8 Å². The van der Waals surface area contributed by atoms with Crippen LogP contribution in [-0.2, 0) is 9.53 Å². The van der Waals surface area contributed by atoms with Gasteiger partial charge in [0.1, 0.15) is 5.60 Å². The number of alkyl carbamates (subject to hydrolysis) is 1. The molecule has 0 radical (unpaired) electrons. The molecule has 1 rings (SSSR count). The number of hydrogen-bond donors (Lipinski definition) is 1. The Morgan fingerprint density at radius 2 is 1.62 bits per heavy atom. The second kappa shape index (κ2) is 6.66. The quantitative estimate of drug-likeness (QED) is 0.868. The molecular formula is C14H22F3NO3. The number of amides is 1. The molecule has 0 heterocycles. The lowest BCUT2D eigenvalue weighted by molar-refractivity contribution is -0.184. The molecule has 1 aliphatic rings. The largest absolute Gasteiger partial charge is 0.444 e. The van der Waals surface area contributed by atoms with Gasteiger partial charge in [0.05, 0.1) is 12.5 Å². The van der Waals surface area contributed by atoms with Gasteiger partial charge in [0, 0.05) is 5.92 Å².